The Bertz CT molecular complexity index is 119. The summed E-state index contributed by atoms with van der Waals surface area (Å²) in [4.78, 5) is 0. The number of ether oxygens (including phenoxy) is 1. The van der Waals surface area contributed by atoms with Crippen LogP contribution in [0.4, 0.5) is 0 Å². The lowest BCUT2D eigenvalue weighted by atomic mass is 10.5. The standard InChI is InChI=1S/C8H16N2O/c1-2-3-4-9-10-5-7-11-8-6-10/h2-3,9H,4-8H2,1H3/b3-2+. The van der Waals surface area contributed by atoms with E-state index in [1.54, 1.807) is 0 Å². The maximum Gasteiger partial charge on any atom is 0.0608 e. The van der Waals surface area contributed by atoms with Gasteiger partial charge in [0.2, 0.25) is 0 Å². The Morgan fingerprint density at radius 2 is 2.18 bits per heavy atom. The SMILES string of the molecule is C/C=C/CNN1CCOCC1. The normalized spacial score (nSPS) is 21.2. The summed E-state index contributed by atoms with van der Waals surface area (Å²) in [5.41, 5.74) is 3.29. The smallest absolute Gasteiger partial charge is 0.0608 e. The van der Waals surface area contributed by atoms with Crippen molar-refractivity contribution in [2.24, 2.45) is 0 Å². The molecule has 0 aromatic rings. The molecule has 3 heteroatoms. The van der Waals surface area contributed by atoms with Gasteiger partial charge in [-0.25, -0.2) is 5.01 Å². The number of hydrazine groups is 1. The Hall–Kier alpha value is -0.380. The van der Waals surface area contributed by atoms with Crippen molar-refractivity contribution in [2.75, 3.05) is 32.8 Å². The molecule has 0 saturated carbocycles. The maximum atomic E-state index is 5.21. The summed E-state index contributed by atoms with van der Waals surface area (Å²) in [6.07, 6.45) is 4.16. The molecule has 1 aliphatic heterocycles. The lowest BCUT2D eigenvalue weighted by Gasteiger charge is -2.26. The highest BCUT2D eigenvalue weighted by Gasteiger charge is 2.07. The third-order valence-corrected chi connectivity index (χ3v) is 1.68. The average Bonchev–Trinajstić information content (AvgIpc) is 2.07. The van der Waals surface area contributed by atoms with Crippen molar-refractivity contribution in [2.45, 2.75) is 6.92 Å². The highest BCUT2D eigenvalue weighted by atomic mass is 16.5. The molecule has 1 N–H and O–H groups in total. The zero-order chi connectivity index (χ0) is 7.94. The number of allylic oxidation sites excluding steroid dienone is 1. The van der Waals surface area contributed by atoms with Gasteiger partial charge in [0.05, 0.1) is 13.2 Å². The van der Waals surface area contributed by atoms with Crippen LogP contribution in [0.2, 0.25) is 0 Å². The van der Waals surface area contributed by atoms with Gasteiger partial charge < -0.3 is 4.74 Å². The van der Waals surface area contributed by atoms with E-state index in [2.05, 4.69) is 16.5 Å². The fourth-order valence-corrected chi connectivity index (χ4v) is 1.02. The van der Waals surface area contributed by atoms with Crippen LogP contribution in [0.3, 0.4) is 0 Å². The van der Waals surface area contributed by atoms with Crippen molar-refractivity contribution >= 4 is 0 Å². The van der Waals surface area contributed by atoms with Crippen molar-refractivity contribution in [3.63, 3.8) is 0 Å². The fraction of sp³-hybridized carbons (Fsp3) is 0.750. The molecule has 0 aliphatic carbocycles. The van der Waals surface area contributed by atoms with Crippen LogP contribution < -0.4 is 5.43 Å². The van der Waals surface area contributed by atoms with Crippen molar-refractivity contribution < 1.29 is 4.74 Å². The highest BCUT2D eigenvalue weighted by molar-refractivity contribution is 4.78. The monoisotopic (exact) mass is 156 g/mol. The number of rotatable bonds is 3. The van der Waals surface area contributed by atoms with E-state index in [0.29, 0.717) is 0 Å². The van der Waals surface area contributed by atoms with Gasteiger partial charge in [-0.1, -0.05) is 12.2 Å². The van der Waals surface area contributed by atoms with Gasteiger partial charge >= 0.3 is 0 Å². The minimum Gasteiger partial charge on any atom is -0.379 e. The van der Waals surface area contributed by atoms with Crippen LogP contribution >= 0.6 is 0 Å². The predicted octanol–water partition coefficient (Wildman–Crippen LogP) is 0.399. The molecule has 1 fully saturated rings. The van der Waals surface area contributed by atoms with Crippen LogP contribution in [0.25, 0.3) is 0 Å². The maximum absolute atomic E-state index is 5.21. The van der Waals surface area contributed by atoms with Gasteiger partial charge in [0, 0.05) is 19.6 Å². The number of nitrogens with zero attached hydrogens (tertiary/aromatic N) is 1. The lowest BCUT2D eigenvalue weighted by molar-refractivity contribution is 0.0143. The molecule has 0 radical (unpaired) electrons. The van der Waals surface area contributed by atoms with Gasteiger partial charge in [-0.3, -0.25) is 5.43 Å². The van der Waals surface area contributed by atoms with Crippen LogP contribution in [0.15, 0.2) is 12.2 Å². The van der Waals surface area contributed by atoms with E-state index in [-0.39, 0.29) is 0 Å². The molecule has 64 valence electrons. The lowest BCUT2D eigenvalue weighted by Crippen LogP contribution is -2.45. The highest BCUT2D eigenvalue weighted by Crippen LogP contribution is 1.91. The van der Waals surface area contributed by atoms with Crippen LogP contribution in [-0.4, -0.2) is 37.9 Å². The van der Waals surface area contributed by atoms with Crippen molar-refractivity contribution in [3.8, 4) is 0 Å². The second kappa shape index (κ2) is 5.29. The Kier molecular flexibility index (Phi) is 4.19. The van der Waals surface area contributed by atoms with E-state index in [4.69, 9.17) is 4.74 Å². The Morgan fingerprint density at radius 3 is 2.82 bits per heavy atom. The van der Waals surface area contributed by atoms with Crippen molar-refractivity contribution in [1.29, 1.82) is 0 Å². The first kappa shape index (κ1) is 8.71. The third kappa shape index (κ3) is 3.51. The van der Waals surface area contributed by atoms with Crippen LogP contribution in [0.5, 0.6) is 0 Å². The average molecular weight is 156 g/mol. The van der Waals surface area contributed by atoms with E-state index in [9.17, 15) is 0 Å². The first-order chi connectivity index (χ1) is 5.43. The van der Waals surface area contributed by atoms with Crippen LogP contribution in [-0.2, 0) is 4.74 Å². The summed E-state index contributed by atoms with van der Waals surface area (Å²) in [6.45, 7) is 6.65. The third-order valence-electron chi connectivity index (χ3n) is 1.68. The molecule has 1 rings (SSSR count). The summed E-state index contributed by atoms with van der Waals surface area (Å²) in [6, 6.07) is 0. The van der Waals surface area contributed by atoms with Gasteiger partial charge in [0.25, 0.3) is 0 Å². The predicted molar refractivity (Wildman–Crippen MR) is 45.2 cm³/mol. The molecule has 0 unspecified atom stereocenters. The van der Waals surface area contributed by atoms with E-state index < -0.39 is 0 Å². The quantitative estimate of drug-likeness (QED) is 0.599. The number of hydrogen-bond acceptors (Lipinski definition) is 3. The van der Waals surface area contributed by atoms with Crippen molar-refractivity contribution in [1.82, 2.24) is 10.4 Å². The van der Waals surface area contributed by atoms with Gasteiger partial charge in [0.1, 0.15) is 0 Å². The summed E-state index contributed by atoms with van der Waals surface area (Å²) in [7, 11) is 0. The summed E-state index contributed by atoms with van der Waals surface area (Å²) in [5, 5.41) is 2.20. The molecule has 11 heavy (non-hydrogen) atoms. The molecule has 0 amide bonds. The van der Waals surface area contributed by atoms with Crippen LogP contribution in [0.1, 0.15) is 6.92 Å². The largest absolute Gasteiger partial charge is 0.379 e. The zero-order valence-corrected chi connectivity index (χ0v) is 7.05. The zero-order valence-electron chi connectivity index (χ0n) is 7.05. The molecule has 0 spiro atoms. The number of hydrogen-bond donors (Lipinski definition) is 1. The molecule has 1 heterocycles. The fourth-order valence-electron chi connectivity index (χ4n) is 1.02. The summed E-state index contributed by atoms with van der Waals surface area (Å²) >= 11 is 0. The van der Waals surface area contributed by atoms with E-state index in [0.717, 1.165) is 32.8 Å². The molecule has 0 aromatic carbocycles. The minimum atomic E-state index is 0.850. The Balaban J connectivity index is 2.04. The van der Waals surface area contributed by atoms with Gasteiger partial charge in [-0.05, 0) is 6.92 Å². The second-order valence-corrected chi connectivity index (χ2v) is 2.53. The first-order valence-electron chi connectivity index (χ1n) is 4.11. The van der Waals surface area contributed by atoms with Crippen LogP contribution in [0, 0.1) is 0 Å². The topological polar surface area (TPSA) is 24.5 Å². The molecule has 1 aliphatic rings. The molecular weight excluding hydrogens is 140 g/mol. The number of morpholine rings is 1. The molecule has 0 atom stereocenters. The van der Waals surface area contributed by atoms with Gasteiger partial charge in [0.15, 0.2) is 0 Å². The number of nitrogens with one attached hydrogen (secondary N) is 1. The summed E-state index contributed by atoms with van der Waals surface area (Å²) in [5.74, 6) is 0. The second-order valence-electron chi connectivity index (χ2n) is 2.53. The van der Waals surface area contributed by atoms with E-state index in [1.165, 1.54) is 0 Å². The minimum absolute atomic E-state index is 0.850. The Labute approximate surface area is 68.0 Å². The van der Waals surface area contributed by atoms with Gasteiger partial charge in [-0.2, -0.15) is 0 Å². The van der Waals surface area contributed by atoms with Crippen molar-refractivity contribution in [3.05, 3.63) is 12.2 Å². The van der Waals surface area contributed by atoms with E-state index >= 15 is 0 Å². The first-order valence-corrected chi connectivity index (χ1v) is 4.11. The molecule has 0 bridgehead atoms. The molecular formula is C8H16N2O. The Morgan fingerprint density at radius 1 is 1.45 bits per heavy atom. The van der Waals surface area contributed by atoms with E-state index in [1.807, 2.05) is 13.0 Å². The van der Waals surface area contributed by atoms with Gasteiger partial charge in [-0.15, -0.1) is 0 Å². The molecule has 1 saturated heterocycles. The molecule has 0 aromatic heterocycles. The molecule has 3 nitrogen and oxygen atoms in total. The summed E-state index contributed by atoms with van der Waals surface area (Å²) < 4.78 is 5.21.